The third-order valence-electron chi connectivity index (χ3n) is 11.3. The van der Waals surface area contributed by atoms with Crippen LogP contribution < -0.4 is 0 Å². The Morgan fingerprint density at radius 1 is 0.423 bits per heavy atom. The molecule has 0 saturated carbocycles. The molecule has 0 N–H and O–H groups in total. The monoisotopic (exact) mass is 663 g/mol. The molecule has 0 atom stereocenters. The standard InChI is InChI=1S/C49H33N3/c1-49(2)40-27-11-10-20-33(40)35-23-14-24-36(44(35)49)38-25-15-26-39-43-34-21-8-6-18-31(34)32-19-7-9-22-37(32)47(43)52(46(38)39)48-45(30-16-4-3-5-17-30)50-41-28-12-13-29-42(41)51-48/h3-29H,1-2H3. The number of benzene rings is 8. The average Bonchev–Trinajstić information content (AvgIpc) is 3.67. The zero-order chi connectivity index (χ0) is 34.6. The fourth-order valence-corrected chi connectivity index (χ4v) is 9.16. The van der Waals surface area contributed by atoms with Crippen LogP contribution in [0.4, 0.5) is 0 Å². The van der Waals surface area contributed by atoms with Crippen LogP contribution in [0.2, 0.25) is 0 Å². The fraction of sp³-hybridized carbons (Fsp3) is 0.0612. The summed E-state index contributed by atoms with van der Waals surface area (Å²) in [6.07, 6.45) is 0. The van der Waals surface area contributed by atoms with Crippen LogP contribution in [0.25, 0.3) is 93.7 Å². The Labute approximate surface area is 301 Å². The van der Waals surface area contributed by atoms with E-state index < -0.39 is 0 Å². The first-order valence-corrected chi connectivity index (χ1v) is 18.0. The second-order valence-electron chi connectivity index (χ2n) is 14.5. The van der Waals surface area contributed by atoms with Crippen LogP contribution in [-0.4, -0.2) is 14.5 Å². The number of hydrogen-bond acceptors (Lipinski definition) is 2. The third kappa shape index (κ3) is 3.91. The van der Waals surface area contributed by atoms with Crippen molar-refractivity contribution in [3.63, 3.8) is 0 Å². The van der Waals surface area contributed by atoms with E-state index in [9.17, 15) is 0 Å². The van der Waals surface area contributed by atoms with Crippen molar-refractivity contribution in [2.24, 2.45) is 0 Å². The van der Waals surface area contributed by atoms with Crippen molar-refractivity contribution >= 4 is 54.4 Å². The van der Waals surface area contributed by atoms with E-state index in [1.165, 1.54) is 65.7 Å². The van der Waals surface area contributed by atoms with Crippen molar-refractivity contribution in [1.29, 1.82) is 0 Å². The van der Waals surface area contributed by atoms with E-state index in [1.54, 1.807) is 0 Å². The highest BCUT2D eigenvalue weighted by molar-refractivity contribution is 6.33. The lowest BCUT2D eigenvalue weighted by molar-refractivity contribution is 0.662. The lowest BCUT2D eigenvalue weighted by atomic mass is 9.78. The second-order valence-corrected chi connectivity index (χ2v) is 14.5. The summed E-state index contributed by atoms with van der Waals surface area (Å²) in [7, 11) is 0. The van der Waals surface area contributed by atoms with E-state index >= 15 is 0 Å². The fourth-order valence-electron chi connectivity index (χ4n) is 9.16. The molecule has 2 heterocycles. The van der Waals surface area contributed by atoms with Gasteiger partial charge in [0.15, 0.2) is 5.82 Å². The topological polar surface area (TPSA) is 30.7 Å². The summed E-state index contributed by atoms with van der Waals surface area (Å²) in [6, 6.07) is 59.1. The van der Waals surface area contributed by atoms with Gasteiger partial charge in [-0.25, -0.2) is 9.97 Å². The Morgan fingerprint density at radius 3 is 1.75 bits per heavy atom. The van der Waals surface area contributed by atoms with E-state index in [4.69, 9.17) is 9.97 Å². The SMILES string of the molecule is CC1(C)c2ccccc2-c2cccc(-c3cccc4c5c6ccccc6c6ccccc6c5n(-c5nc6ccccc6nc5-c5ccccc5)c34)c21. The molecule has 0 saturated heterocycles. The molecular weight excluding hydrogens is 631 g/mol. The Morgan fingerprint density at radius 2 is 0.962 bits per heavy atom. The Balaban J connectivity index is 1.39. The Hall–Kier alpha value is -6.58. The van der Waals surface area contributed by atoms with Crippen LogP contribution in [0, 0.1) is 0 Å². The smallest absolute Gasteiger partial charge is 0.165 e. The number of para-hydroxylation sites is 3. The summed E-state index contributed by atoms with van der Waals surface area (Å²) >= 11 is 0. The maximum atomic E-state index is 5.55. The molecule has 0 amide bonds. The molecule has 2 aromatic heterocycles. The zero-order valence-corrected chi connectivity index (χ0v) is 28.9. The molecule has 8 aromatic carbocycles. The highest BCUT2D eigenvalue weighted by atomic mass is 15.1. The summed E-state index contributed by atoms with van der Waals surface area (Å²) in [6.45, 7) is 4.75. The van der Waals surface area contributed by atoms with Gasteiger partial charge in [-0.1, -0.05) is 166 Å². The molecule has 1 aliphatic carbocycles. The zero-order valence-electron chi connectivity index (χ0n) is 28.9. The second kappa shape index (κ2) is 10.7. The van der Waals surface area contributed by atoms with Crippen LogP contribution in [0.1, 0.15) is 25.0 Å². The summed E-state index contributed by atoms with van der Waals surface area (Å²) in [4.78, 5) is 10.9. The molecule has 0 bridgehead atoms. The maximum absolute atomic E-state index is 5.55. The molecule has 0 radical (unpaired) electrons. The van der Waals surface area contributed by atoms with E-state index in [0.29, 0.717) is 0 Å². The minimum atomic E-state index is -0.182. The van der Waals surface area contributed by atoms with Gasteiger partial charge in [-0.2, -0.15) is 0 Å². The number of aromatic nitrogens is 3. The van der Waals surface area contributed by atoms with Gasteiger partial charge < -0.3 is 0 Å². The van der Waals surface area contributed by atoms with Crippen LogP contribution in [0.15, 0.2) is 164 Å². The van der Waals surface area contributed by atoms with Crippen LogP contribution in [0.5, 0.6) is 0 Å². The highest BCUT2D eigenvalue weighted by Gasteiger charge is 2.38. The predicted octanol–water partition coefficient (Wildman–Crippen LogP) is 12.7. The molecule has 3 heteroatoms. The van der Waals surface area contributed by atoms with E-state index in [-0.39, 0.29) is 5.41 Å². The average molecular weight is 664 g/mol. The molecular formula is C49H33N3. The van der Waals surface area contributed by atoms with Crippen LogP contribution in [0.3, 0.4) is 0 Å². The Kier molecular flexibility index (Phi) is 6.01. The summed E-state index contributed by atoms with van der Waals surface area (Å²) < 4.78 is 2.45. The van der Waals surface area contributed by atoms with Gasteiger partial charge in [0, 0.05) is 32.7 Å². The van der Waals surface area contributed by atoms with Crippen molar-refractivity contribution in [3.05, 3.63) is 175 Å². The first-order chi connectivity index (χ1) is 25.6. The lowest BCUT2D eigenvalue weighted by Gasteiger charge is -2.25. The normalized spacial score (nSPS) is 13.3. The molecule has 52 heavy (non-hydrogen) atoms. The van der Waals surface area contributed by atoms with Gasteiger partial charge in [0.05, 0.1) is 22.1 Å². The predicted molar refractivity (Wildman–Crippen MR) is 217 cm³/mol. The van der Waals surface area contributed by atoms with Gasteiger partial charge in [0.1, 0.15) is 5.69 Å². The quantitative estimate of drug-likeness (QED) is 0.176. The van der Waals surface area contributed by atoms with Gasteiger partial charge in [0.25, 0.3) is 0 Å². The van der Waals surface area contributed by atoms with Gasteiger partial charge in [-0.3, -0.25) is 4.57 Å². The number of nitrogens with zero attached hydrogens (tertiary/aromatic N) is 3. The molecule has 0 unspecified atom stereocenters. The maximum Gasteiger partial charge on any atom is 0.165 e. The van der Waals surface area contributed by atoms with Crippen molar-refractivity contribution in [3.8, 4) is 39.3 Å². The number of fused-ring (bicyclic) bond motifs is 12. The van der Waals surface area contributed by atoms with Gasteiger partial charge in [-0.05, 0) is 56.1 Å². The van der Waals surface area contributed by atoms with E-state index in [1.807, 2.05) is 6.07 Å². The van der Waals surface area contributed by atoms with Crippen molar-refractivity contribution < 1.29 is 0 Å². The lowest BCUT2D eigenvalue weighted by Crippen LogP contribution is -2.16. The third-order valence-corrected chi connectivity index (χ3v) is 11.3. The molecule has 0 spiro atoms. The van der Waals surface area contributed by atoms with Gasteiger partial charge >= 0.3 is 0 Å². The molecule has 11 rings (SSSR count). The summed E-state index contributed by atoms with van der Waals surface area (Å²) in [5, 5.41) is 7.34. The summed E-state index contributed by atoms with van der Waals surface area (Å²) in [5.41, 5.74) is 13.5. The van der Waals surface area contributed by atoms with E-state index in [2.05, 4.69) is 176 Å². The Bertz CT molecular complexity index is 3100. The van der Waals surface area contributed by atoms with Crippen molar-refractivity contribution in [1.82, 2.24) is 14.5 Å². The molecule has 1 aliphatic rings. The minimum absolute atomic E-state index is 0.182. The van der Waals surface area contributed by atoms with Crippen molar-refractivity contribution in [2.75, 3.05) is 0 Å². The van der Waals surface area contributed by atoms with Crippen LogP contribution in [-0.2, 0) is 5.41 Å². The van der Waals surface area contributed by atoms with Gasteiger partial charge in [-0.15, -0.1) is 0 Å². The van der Waals surface area contributed by atoms with Crippen molar-refractivity contribution in [2.45, 2.75) is 19.3 Å². The molecule has 0 aliphatic heterocycles. The molecule has 0 fully saturated rings. The first kappa shape index (κ1) is 29.2. The largest absolute Gasteiger partial charge is 0.291 e. The minimum Gasteiger partial charge on any atom is -0.291 e. The molecule has 244 valence electrons. The van der Waals surface area contributed by atoms with E-state index in [0.717, 1.165) is 39.1 Å². The van der Waals surface area contributed by atoms with Gasteiger partial charge in [0.2, 0.25) is 0 Å². The summed E-state index contributed by atoms with van der Waals surface area (Å²) in [5.74, 6) is 0.827. The molecule has 3 nitrogen and oxygen atoms in total. The van der Waals surface area contributed by atoms with Crippen LogP contribution >= 0.6 is 0 Å². The highest BCUT2D eigenvalue weighted by Crippen LogP contribution is 2.54. The number of hydrogen-bond donors (Lipinski definition) is 0. The first-order valence-electron chi connectivity index (χ1n) is 18.0. The molecule has 10 aromatic rings. The number of rotatable bonds is 3.